The molecule has 0 spiro atoms. The van der Waals surface area contributed by atoms with Crippen molar-refractivity contribution in [3.8, 4) is 0 Å². The Morgan fingerprint density at radius 1 is 1.24 bits per heavy atom. The second-order valence-corrected chi connectivity index (χ2v) is 5.35. The zero-order chi connectivity index (χ0) is 14.5. The number of aromatic nitrogens is 2. The van der Waals surface area contributed by atoms with Crippen LogP contribution in [0.15, 0.2) is 34.9 Å². The third-order valence-electron chi connectivity index (χ3n) is 4.10. The zero-order valence-corrected chi connectivity index (χ0v) is 12.3. The van der Waals surface area contributed by atoms with Gasteiger partial charge in [0.05, 0.1) is 5.41 Å². The van der Waals surface area contributed by atoms with E-state index >= 15 is 0 Å². The van der Waals surface area contributed by atoms with Crippen molar-refractivity contribution < 1.29 is 9.26 Å². The molecule has 3 rings (SSSR count). The minimum absolute atomic E-state index is 0.177. The Morgan fingerprint density at radius 3 is 2.71 bits per heavy atom. The molecular formula is C16H21N3O2. The molecule has 1 aromatic carbocycles. The smallest absolute Gasteiger partial charge is 0.237 e. The summed E-state index contributed by atoms with van der Waals surface area (Å²) in [6.45, 7) is 4.93. The van der Waals surface area contributed by atoms with Crippen LogP contribution in [-0.4, -0.2) is 29.8 Å². The van der Waals surface area contributed by atoms with Crippen LogP contribution in [0, 0.1) is 0 Å². The molecule has 1 aliphatic heterocycles. The Kier molecular flexibility index (Phi) is 4.31. The average Bonchev–Trinajstić information content (AvgIpc) is 3.04. The molecule has 5 heteroatoms. The van der Waals surface area contributed by atoms with Gasteiger partial charge in [0.15, 0.2) is 5.82 Å². The fourth-order valence-electron chi connectivity index (χ4n) is 2.94. The maximum atomic E-state index is 5.59. The second-order valence-electron chi connectivity index (χ2n) is 5.35. The first-order valence-corrected chi connectivity index (χ1v) is 7.52. The number of benzene rings is 1. The summed E-state index contributed by atoms with van der Waals surface area (Å²) in [5.41, 5.74) is 1.07. The van der Waals surface area contributed by atoms with Crippen LogP contribution in [0.1, 0.15) is 37.0 Å². The summed E-state index contributed by atoms with van der Waals surface area (Å²) in [4.78, 5) is 4.59. The number of piperidine rings is 1. The number of rotatable bonds is 5. The van der Waals surface area contributed by atoms with Crippen molar-refractivity contribution in [1.82, 2.24) is 15.5 Å². The Bertz CT molecular complexity index is 562. The fraction of sp³-hybridized carbons (Fsp3) is 0.500. The molecule has 0 amide bonds. The molecule has 0 saturated carbocycles. The van der Waals surface area contributed by atoms with Gasteiger partial charge in [-0.05, 0) is 38.4 Å². The monoisotopic (exact) mass is 287 g/mol. The van der Waals surface area contributed by atoms with E-state index in [-0.39, 0.29) is 5.41 Å². The highest BCUT2D eigenvalue weighted by atomic mass is 16.5. The van der Waals surface area contributed by atoms with Gasteiger partial charge in [-0.2, -0.15) is 4.98 Å². The number of nitrogens with one attached hydrogen (secondary N) is 1. The maximum absolute atomic E-state index is 5.59. The number of ether oxygens (including phenoxy) is 1. The summed E-state index contributed by atoms with van der Waals surface area (Å²) in [6, 6.07) is 10.5. The van der Waals surface area contributed by atoms with Crippen molar-refractivity contribution in [3.05, 3.63) is 47.6 Å². The van der Waals surface area contributed by atoms with Gasteiger partial charge in [-0.1, -0.05) is 35.5 Å². The van der Waals surface area contributed by atoms with E-state index in [0.29, 0.717) is 24.9 Å². The first-order valence-electron chi connectivity index (χ1n) is 7.52. The molecule has 0 aliphatic carbocycles. The van der Waals surface area contributed by atoms with Crippen LogP contribution >= 0.6 is 0 Å². The molecule has 21 heavy (non-hydrogen) atoms. The number of hydrogen-bond donors (Lipinski definition) is 1. The standard InChI is InChI=1S/C16H21N3O2/c1-2-20-12-14-18-15(21-19-14)16(8-10-17-11-9-16)13-6-4-3-5-7-13/h3-7,17H,2,8-12H2,1H3. The van der Waals surface area contributed by atoms with E-state index in [0.717, 1.165) is 25.9 Å². The molecular weight excluding hydrogens is 266 g/mol. The van der Waals surface area contributed by atoms with Crippen LogP contribution in [0.25, 0.3) is 0 Å². The summed E-state index contributed by atoms with van der Waals surface area (Å²) in [7, 11) is 0. The van der Waals surface area contributed by atoms with Gasteiger partial charge in [-0.15, -0.1) is 0 Å². The molecule has 0 unspecified atom stereocenters. The van der Waals surface area contributed by atoms with Gasteiger partial charge in [0, 0.05) is 6.61 Å². The van der Waals surface area contributed by atoms with E-state index in [1.807, 2.05) is 13.0 Å². The SMILES string of the molecule is CCOCc1noc(C2(c3ccccc3)CCNCC2)n1. The topological polar surface area (TPSA) is 60.2 Å². The van der Waals surface area contributed by atoms with E-state index in [4.69, 9.17) is 9.26 Å². The van der Waals surface area contributed by atoms with E-state index in [1.54, 1.807) is 0 Å². The van der Waals surface area contributed by atoms with Crippen LogP contribution in [0.5, 0.6) is 0 Å². The molecule has 1 aromatic heterocycles. The summed E-state index contributed by atoms with van der Waals surface area (Å²) < 4.78 is 11.0. The Hall–Kier alpha value is -1.72. The van der Waals surface area contributed by atoms with Crippen LogP contribution in [0.4, 0.5) is 0 Å². The van der Waals surface area contributed by atoms with Crippen molar-refractivity contribution >= 4 is 0 Å². The van der Waals surface area contributed by atoms with Gasteiger partial charge < -0.3 is 14.6 Å². The summed E-state index contributed by atoms with van der Waals surface area (Å²) in [6.07, 6.45) is 1.93. The highest BCUT2D eigenvalue weighted by Crippen LogP contribution is 2.39. The first kappa shape index (κ1) is 14.2. The molecule has 1 N–H and O–H groups in total. The van der Waals surface area contributed by atoms with E-state index in [1.165, 1.54) is 5.56 Å². The van der Waals surface area contributed by atoms with E-state index in [2.05, 4.69) is 39.7 Å². The third kappa shape index (κ3) is 2.84. The number of hydrogen-bond acceptors (Lipinski definition) is 5. The molecule has 2 aromatic rings. The lowest BCUT2D eigenvalue weighted by atomic mass is 9.73. The summed E-state index contributed by atoms with van der Waals surface area (Å²) in [5.74, 6) is 1.34. The molecule has 0 atom stereocenters. The molecule has 1 aliphatic rings. The minimum Gasteiger partial charge on any atom is -0.374 e. The highest BCUT2D eigenvalue weighted by molar-refractivity contribution is 5.32. The van der Waals surface area contributed by atoms with Gasteiger partial charge in [-0.3, -0.25) is 0 Å². The average molecular weight is 287 g/mol. The predicted octanol–water partition coefficient (Wildman–Crippen LogP) is 2.28. The van der Waals surface area contributed by atoms with Crippen LogP contribution < -0.4 is 5.32 Å². The second kappa shape index (κ2) is 6.37. The van der Waals surface area contributed by atoms with Gasteiger partial charge in [0.2, 0.25) is 5.89 Å². The van der Waals surface area contributed by atoms with Crippen molar-refractivity contribution in [2.75, 3.05) is 19.7 Å². The van der Waals surface area contributed by atoms with Gasteiger partial charge in [0.1, 0.15) is 6.61 Å². The third-order valence-corrected chi connectivity index (χ3v) is 4.10. The Labute approximate surface area is 124 Å². The summed E-state index contributed by atoms with van der Waals surface area (Å²) >= 11 is 0. The molecule has 112 valence electrons. The van der Waals surface area contributed by atoms with Crippen molar-refractivity contribution in [1.29, 1.82) is 0 Å². The van der Waals surface area contributed by atoms with E-state index < -0.39 is 0 Å². The first-order chi connectivity index (χ1) is 10.3. The van der Waals surface area contributed by atoms with Crippen LogP contribution in [0.2, 0.25) is 0 Å². The van der Waals surface area contributed by atoms with Crippen molar-refractivity contribution in [2.24, 2.45) is 0 Å². The quantitative estimate of drug-likeness (QED) is 0.914. The molecule has 0 bridgehead atoms. The normalized spacial score (nSPS) is 17.8. The van der Waals surface area contributed by atoms with Gasteiger partial charge >= 0.3 is 0 Å². The van der Waals surface area contributed by atoms with Gasteiger partial charge in [0.25, 0.3) is 0 Å². The molecule has 2 heterocycles. The Balaban J connectivity index is 1.94. The molecule has 5 nitrogen and oxygen atoms in total. The van der Waals surface area contributed by atoms with Crippen LogP contribution in [0.3, 0.4) is 0 Å². The van der Waals surface area contributed by atoms with Crippen LogP contribution in [-0.2, 0) is 16.8 Å². The van der Waals surface area contributed by atoms with Crippen molar-refractivity contribution in [2.45, 2.75) is 31.8 Å². The number of nitrogens with zero attached hydrogens (tertiary/aromatic N) is 2. The lowest BCUT2D eigenvalue weighted by Crippen LogP contribution is -2.41. The lowest BCUT2D eigenvalue weighted by molar-refractivity contribution is 0.126. The minimum atomic E-state index is -0.177. The lowest BCUT2D eigenvalue weighted by Gasteiger charge is -2.34. The van der Waals surface area contributed by atoms with Crippen molar-refractivity contribution in [3.63, 3.8) is 0 Å². The molecule has 1 saturated heterocycles. The largest absolute Gasteiger partial charge is 0.374 e. The highest BCUT2D eigenvalue weighted by Gasteiger charge is 2.40. The fourth-order valence-corrected chi connectivity index (χ4v) is 2.94. The van der Waals surface area contributed by atoms with E-state index in [9.17, 15) is 0 Å². The van der Waals surface area contributed by atoms with Gasteiger partial charge in [-0.25, -0.2) is 0 Å². The Morgan fingerprint density at radius 2 is 2.00 bits per heavy atom. The summed E-state index contributed by atoms with van der Waals surface area (Å²) in [5, 5.41) is 7.47. The molecule has 1 fully saturated rings. The maximum Gasteiger partial charge on any atom is 0.237 e. The molecule has 0 radical (unpaired) electrons. The predicted molar refractivity (Wildman–Crippen MR) is 79.0 cm³/mol. The zero-order valence-electron chi connectivity index (χ0n) is 12.3.